The van der Waals surface area contributed by atoms with E-state index in [9.17, 15) is 9.59 Å². The number of nitrogens with zero attached hydrogens (tertiary/aromatic N) is 2. The number of nitrogens with one attached hydrogen (secondary N) is 2. The van der Waals surface area contributed by atoms with Crippen molar-refractivity contribution in [2.75, 3.05) is 11.9 Å². The third-order valence-electron chi connectivity index (χ3n) is 4.41. The van der Waals surface area contributed by atoms with E-state index in [2.05, 4.69) is 31.7 Å². The Balaban J connectivity index is 1.41. The molecular formula is C18H21BrN4O2. The maximum atomic E-state index is 12.2. The van der Waals surface area contributed by atoms with Crippen LogP contribution in [0.5, 0.6) is 0 Å². The van der Waals surface area contributed by atoms with E-state index in [-0.39, 0.29) is 30.1 Å². The molecule has 1 aromatic carbocycles. The number of anilines is 1. The summed E-state index contributed by atoms with van der Waals surface area (Å²) in [5.41, 5.74) is 2.88. The third kappa shape index (κ3) is 4.48. The van der Waals surface area contributed by atoms with Crippen molar-refractivity contribution in [3.8, 4) is 0 Å². The first-order valence-electron chi connectivity index (χ1n) is 8.26. The Labute approximate surface area is 155 Å². The Bertz CT molecular complexity index is 802. The maximum absolute atomic E-state index is 12.2. The highest BCUT2D eigenvalue weighted by molar-refractivity contribution is 9.10. The van der Waals surface area contributed by atoms with Crippen LogP contribution in [-0.2, 0) is 16.6 Å². The maximum Gasteiger partial charge on any atom is 0.226 e. The number of benzene rings is 1. The van der Waals surface area contributed by atoms with Gasteiger partial charge in [0.15, 0.2) is 0 Å². The van der Waals surface area contributed by atoms with Crippen molar-refractivity contribution in [1.29, 1.82) is 0 Å². The quantitative estimate of drug-likeness (QED) is 0.776. The van der Waals surface area contributed by atoms with Crippen LogP contribution in [0.4, 0.5) is 5.69 Å². The summed E-state index contributed by atoms with van der Waals surface area (Å²) in [5.74, 6) is 0.160. The average Bonchev–Trinajstić information content (AvgIpc) is 3.25. The lowest BCUT2D eigenvalue weighted by molar-refractivity contribution is -0.122. The van der Waals surface area contributed by atoms with Crippen LogP contribution in [0.1, 0.15) is 29.9 Å². The van der Waals surface area contributed by atoms with Crippen LogP contribution in [0.25, 0.3) is 0 Å². The summed E-state index contributed by atoms with van der Waals surface area (Å²) in [4.78, 5) is 24.2. The zero-order valence-electron chi connectivity index (χ0n) is 14.3. The molecule has 6 nitrogen and oxygen atoms in total. The summed E-state index contributed by atoms with van der Waals surface area (Å²) in [6.07, 6.45) is 4.86. The fourth-order valence-corrected chi connectivity index (χ4v) is 3.22. The molecule has 0 bridgehead atoms. The summed E-state index contributed by atoms with van der Waals surface area (Å²) in [6, 6.07) is 5.74. The monoisotopic (exact) mass is 404 g/mol. The highest BCUT2D eigenvalue weighted by Crippen LogP contribution is 2.47. The normalized spacial score (nSPS) is 18.7. The Kier molecular flexibility index (Phi) is 5.22. The first kappa shape index (κ1) is 17.7. The number of halogens is 1. The molecule has 0 saturated heterocycles. The van der Waals surface area contributed by atoms with Gasteiger partial charge in [-0.2, -0.15) is 5.10 Å². The number of aromatic nitrogens is 2. The number of aryl methyl sites for hydroxylation is 2. The van der Waals surface area contributed by atoms with Crippen LogP contribution >= 0.6 is 15.9 Å². The van der Waals surface area contributed by atoms with E-state index in [1.54, 1.807) is 4.68 Å². The summed E-state index contributed by atoms with van der Waals surface area (Å²) in [7, 11) is 1.87. The first-order chi connectivity index (χ1) is 11.9. The highest BCUT2D eigenvalue weighted by atomic mass is 79.9. The van der Waals surface area contributed by atoms with Crippen molar-refractivity contribution < 1.29 is 9.59 Å². The fraction of sp³-hybridized carbons (Fsp3) is 0.389. The second kappa shape index (κ2) is 7.39. The lowest BCUT2D eigenvalue weighted by Crippen LogP contribution is -2.29. The lowest BCUT2D eigenvalue weighted by Gasteiger charge is -2.09. The molecule has 2 amide bonds. The first-order valence-corrected chi connectivity index (χ1v) is 9.05. The molecule has 1 heterocycles. The van der Waals surface area contributed by atoms with Crippen LogP contribution in [0.2, 0.25) is 0 Å². The van der Waals surface area contributed by atoms with Crippen LogP contribution in [-0.4, -0.2) is 28.1 Å². The molecule has 1 fully saturated rings. The lowest BCUT2D eigenvalue weighted by atomic mass is 10.2. The topological polar surface area (TPSA) is 76.0 Å². The van der Waals surface area contributed by atoms with E-state index in [0.717, 1.165) is 27.7 Å². The number of hydrogen-bond acceptors (Lipinski definition) is 3. The minimum absolute atomic E-state index is 0.000385. The largest absolute Gasteiger partial charge is 0.355 e. The molecule has 2 aromatic rings. The van der Waals surface area contributed by atoms with E-state index in [1.165, 1.54) is 0 Å². The zero-order chi connectivity index (χ0) is 18.0. The molecule has 2 N–H and O–H groups in total. The Morgan fingerprint density at radius 2 is 2.20 bits per heavy atom. The molecule has 1 aliphatic carbocycles. The van der Waals surface area contributed by atoms with Gasteiger partial charge in [0.2, 0.25) is 11.8 Å². The van der Waals surface area contributed by atoms with Crippen LogP contribution in [0.15, 0.2) is 35.1 Å². The number of rotatable bonds is 6. The van der Waals surface area contributed by atoms with Gasteiger partial charge in [-0.25, -0.2) is 0 Å². The predicted octanol–water partition coefficient (Wildman–Crippen LogP) is 2.74. The van der Waals surface area contributed by atoms with Crippen molar-refractivity contribution in [3.05, 3.63) is 46.2 Å². The second-order valence-corrected chi connectivity index (χ2v) is 7.36. The highest BCUT2D eigenvalue weighted by Gasteiger charge is 2.44. The van der Waals surface area contributed by atoms with Crippen LogP contribution < -0.4 is 10.6 Å². The van der Waals surface area contributed by atoms with Gasteiger partial charge in [0, 0.05) is 42.3 Å². The van der Waals surface area contributed by atoms with Crippen molar-refractivity contribution in [1.82, 2.24) is 15.1 Å². The summed E-state index contributed by atoms with van der Waals surface area (Å²) < 4.78 is 2.66. The molecule has 2 unspecified atom stereocenters. The second-order valence-electron chi connectivity index (χ2n) is 6.44. The third-order valence-corrected chi connectivity index (χ3v) is 4.90. The summed E-state index contributed by atoms with van der Waals surface area (Å²) >= 11 is 3.39. The minimum Gasteiger partial charge on any atom is -0.355 e. The predicted molar refractivity (Wildman–Crippen MR) is 99.2 cm³/mol. The number of amides is 2. The molecule has 25 heavy (non-hydrogen) atoms. The van der Waals surface area contributed by atoms with Crippen LogP contribution in [0.3, 0.4) is 0 Å². The number of hydrogen-bond donors (Lipinski definition) is 2. The molecule has 0 spiro atoms. The molecule has 2 atom stereocenters. The smallest absolute Gasteiger partial charge is 0.226 e. The van der Waals surface area contributed by atoms with Gasteiger partial charge in [-0.1, -0.05) is 22.0 Å². The van der Waals surface area contributed by atoms with Gasteiger partial charge in [0.1, 0.15) is 0 Å². The number of carbonyl (C=O) groups is 2. The SMILES string of the molecule is Cc1ccc(Br)cc1NC(=O)CCNC(=O)C1CC1c1cnn(C)c1. The van der Waals surface area contributed by atoms with Gasteiger partial charge >= 0.3 is 0 Å². The van der Waals surface area contributed by atoms with Gasteiger partial charge in [-0.05, 0) is 42.5 Å². The summed E-state index contributed by atoms with van der Waals surface area (Å²) in [5, 5.41) is 9.87. The minimum atomic E-state index is -0.110. The fourth-order valence-electron chi connectivity index (χ4n) is 2.86. The van der Waals surface area contributed by atoms with Crippen molar-refractivity contribution in [3.63, 3.8) is 0 Å². The van der Waals surface area contributed by atoms with Gasteiger partial charge in [-0.3, -0.25) is 14.3 Å². The van der Waals surface area contributed by atoms with E-state index in [1.807, 2.05) is 44.6 Å². The number of carbonyl (C=O) groups excluding carboxylic acids is 2. The molecule has 1 aliphatic rings. The summed E-state index contributed by atoms with van der Waals surface area (Å²) in [6.45, 7) is 2.28. The van der Waals surface area contributed by atoms with E-state index in [0.29, 0.717) is 6.54 Å². The van der Waals surface area contributed by atoms with Gasteiger partial charge in [0.25, 0.3) is 0 Å². The molecule has 0 radical (unpaired) electrons. The Hall–Kier alpha value is -2.15. The van der Waals surface area contributed by atoms with Crippen LogP contribution in [0, 0.1) is 12.8 Å². The Morgan fingerprint density at radius 3 is 2.92 bits per heavy atom. The van der Waals surface area contributed by atoms with E-state index >= 15 is 0 Å². The molecule has 7 heteroatoms. The van der Waals surface area contributed by atoms with Crippen molar-refractivity contribution in [2.45, 2.75) is 25.7 Å². The average molecular weight is 405 g/mol. The molecular weight excluding hydrogens is 384 g/mol. The van der Waals surface area contributed by atoms with Crippen molar-refractivity contribution in [2.24, 2.45) is 13.0 Å². The van der Waals surface area contributed by atoms with E-state index < -0.39 is 0 Å². The van der Waals surface area contributed by atoms with Gasteiger partial charge < -0.3 is 10.6 Å². The molecule has 3 rings (SSSR count). The molecule has 1 saturated carbocycles. The van der Waals surface area contributed by atoms with Gasteiger partial charge in [0.05, 0.1) is 6.20 Å². The Morgan fingerprint density at radius 1 is 1.40 bits per heavy atom. The standard InChI is InChI=1S/C18H21BrN4O2/c1-11-3-4-13(19)7-16(11)22-17(24)5-6-20-18(25)15-8-14(15)12-9-21-23(2)10-12/h3-4,7,9-10,14-15H,5-6,8H2,1-2H3,(H,20,25)(H,22,24). The van der Waals surface area contributed by atoms with Crippen molar-refractivity contribution >= 4 is 33.4 Å². The molecule has 132 valence electrons. The van der Waals surface area contributed by atoms with E-state index in [4.69, 9.17) is 0 Å². The zero-order valence-corrected chi connectivity index (χ0v) is 15.8. The van der Waals surface area contributed by atoms with Gasteiger partial charge in [-0.15, -0.1) is 0 Å². The molecule has 1 aromatic heterocycles. The molecule has 0 aliphatic heterocycles.